The Hall–Kier alpha value is -0.530. The molecule has 2 nitrogen and oxygen atoms in total. The molecule has 0 aromatic heterocycles. The van der Waals surface area contributed by atoms with Crippen molar-refractivity contribution >= 4 is 6.41 Å². The molecular weight excluding hydrogens is 162 g/mol. The summed E-state index contributed by atoms with van der Waals surface area (Å²) in [7, 11) is 0. The van der Waals surface area contributed by atoms with Crippen molar-refractivity contribution in [3.8, 4) is 0 Å². The number of likely N-dealkylation sites (tertiary alicyclic amines) is 1. The number of rotatable bonds is 1. The molecule has 0 aromatic rings. The topological polar surface area (TPSA) is 20.3 Å². The Morgan fingerprint density at radius 1 is 1.23 bits per heavy atom. The van der Waals surface area contributed by atoms with E-state index in [-0.39, 0.29) is 0 Å². The highest BCUT2D eigenvalue weighted by molar-refractivity contribution is 5.48. The maximum atomic E-state index is 10.8. The summed E-state index contributed by atoms with van der Waals surface area (Å²) in [5.41, 5.74) is 0. The van der Waals surface area contributed by atoms with Crippen molar-refractivity contribution < 1.29 is 4.79 Å². The molecule has 1 saturated carbocycles. The Morgan fingerprint density at radius 3 is 2.77 bits per heavy atom. The highest BCUT2D eigenvalue weighted by Crippen LogP contribution is 2.37. The van der Waals surface area contributed by atoms with Crippen LogP contribution < -0.4 is 0 Å². The summed E-state index contributed by atoms with van der Waals surface area (Å²) < 4.78 is 0. The van der Waals surface area contributed by atoms with Crippen molar-refractivity contribution in [1.29, 1.82) is 0 Å². The molecule has 1 aliphatic carbocycles. The van der Waals surface area contributed by atoms with Crippen LogP contribution in [0.4, 0.5) is 0 Å². The van der Waals surface area contributed by atoms with Crippen molar-refractivity contribution in [1.82, 2.24) is 4.90 Å². The van der Waals surface area contributed by atoms with Crippen LogP contribution in [0.2, 0.25) is 0 Å². The largest absolute Gasteiger partial charge is 0.342 e. The van der Waals surface area contributed by atoms with Crippen LogP contribution in [-0.4, -0.2) is 23.9 Å². The highest BCUT2D eigenvalue weighted by atomic mass is 16.1. The molecule has 1 saturated heterocycles. The van der Waals surface area contributed by atoms with Gasteiger partial charge in [-0.3, -0.25) is 4.79 Å². The van der Waals surface area contributed by atoms with E-state index in [0.717, 1.165) is 24.8 Å². The Balaban J connectivity index is 2.09. The lowest BCUT2D eigenvalue weighted by Gasteiger charge is -2.45. The molecule has 2 aliphatic rings. The SMILES string of the molecule is CC1CCN(C=O)C2CCCCC12. The van der Waals surface area contributed by atoms with Gasteiger partial charge in [0, 0.05) is 12.6 Å². The first-order valence-corrected chi connectivity index (χ1v) is 5.54. The summed E-state index contributed by atoms with van der Waals surface area (Å²) in [5, 5.41) is 0. The minimum Gasteiger partial charge on any atom is -0.342 e. The van der Waals surface area contributed by atoms with E-state index in [1.54, 1.807) is 0 Å². The van der Waals surface area contributed by atoms with Crippen LogP contribution in [0.3, 0.4) is 0 Å². The van der Waals surface area contributed by atoms with Gasteiger partial charge in [-0.15, -0.1) is 0 Å². The van der Waals surface area contributed by atoms with E-state index in [9.17, 15) is 4.79 Å². The quantitative estimate of drug-likeness (QED) is 0.567. The predicted molar refractivity (Wildman–Crippen MR) is 52.3 cm³/mol. The monoisotopic (exact) mass is 181 g/mol. The summed E-state index contributed by atoms with van der Waals surface area (Å²) in [6.07, 6.45) is 7.55. The van der Waals surface area contributed by atoms with E-state index < -0.39 is 0 Å². The maximum Gasteiger partial charge on any atom is 0.209 e. The third-order valence-electron chi connectivity index (χ3n) is 3.92. The number of piperidine rings is 1. The van der Waals surface area contributed by atoms with Crippen LogP contribution in [0.1, 0.15) is 39.0 Å². The fourth-order valence-electron chi connectivity index (χ4n) is 3.08. The third-order valence-corrected chi connectivity index (χ3v) is 3.92. The molecule has 0 radical (unpaired) electrons. The zero-order valence-corrected chi connectivity index (χ0v) is 8.41. The number of carbonyl (C=O) groups is 1. The first kappa shape index (κ1) is 9.04. The first-order chi connectivity index (χ1) is 6.33. The Kier molecular flexibility index (Phi) is 2.56. The zero-order chi connectivity index (χ0) is 9.26. The van der Waals surface area contributed by atoms with Crippen LogP contribution in [0, 0.1) is 11.8 Å². The van der Waals surface area contributed by atoms with Crippen molar-refractivity contribution in [3.63, 3.8) is 0 Å². The van der Waals surface area contributed by atoms with E-state index in [1.165, 1.54) is 32.1 Å². The molecule has 2 rings (SSSR count). The molecule has 0 aromatic carbocycles. The van der Waals surface area contributed by atoms with E-state index in [4.69, 9.17) is 0 Å². The first-order valence-electron chi connectivity index (χ1n) is 5.54. The normalized spacial score (nSPS) is 39.8. The number of nitrogens with zero attached hydrogens (tertiary/aromatic N) is 1. The Morgan fingerprint density at radius 2 is 2.00 bits per heavy atom. The molecular formula is C11H19NO. The van der Waals surface area contributed by atoms with Gasteiger partial charge in [-0.2, -0.15) is 0 Å². The van der Waals surface area contributed by atoms with Gasteiger partial charge in [0.1, 0.15) is 0 Å². The smallest absolute Gasteiger partial charge is 0.209 e. The van der Waals surface area contributed by atoms with Gasteiger partial charge in [0.15, 0.2) is 0 Å². The average Bonchev–Trinajstić information content (AvgIpc) is 2.19. The Bertz CT molecular complexity index is 193. The molecule has 2 fully saturated rings. The van der Waals surface area contributed by atoms with Crippen LogP contribution in [0.5, 0.6) is 0 Å². The number of fused-ring (bicyclic) bond motifs is 1. The summed E-state index contributed by atoms with van der Waals surface area (Å²) in [4.78, 5) is 12.9. The van der Waals surface area contributed by atoms with Gasteiger partial charge in [-0.05, 0) is 31.1 Å². The molecule has 1 heterocycles. The summed E-state index contributed by atoms with van der Waals surface area (Å²) in [6.45, 7) is 3.34. The molecule has 0 N–H and O–H groups in total. The molecule has 13 heavy (non-hydrogen) atoms. The van der Waals surface area contributed by atoms with E-state index >= 15 is 0 Å². The second-order valence-electron chi connectivity index (χ2n) is 4.62. The molecule has 2 heteroatoms. The van der Waals surface area contributed by atoms with Gasteiger partial charge in [-0.1, -0.05) is 19.8 Å². The summed E-state index contributed by atoms with van der Waals surface area (Å²) in [6, 6.07) is 0.579. The fraction of sp³-hybridized carbons (Fsp3) is 0.909. The van der Waals surface area contributed by atoms with Gasteiger partial charge in [0.25, 0.3) is 0 Å². The van der Waals surface area contributed by atoms with Crippen LogP contribution in [0.15, 0.2) is 0 Å². The van der Waals surface area contributed by atoms with Crippen molar-refractivity contribution in [2.24, 2.45) is 11.8 Å². The molecule has 3 unspecified atom stereocenters. The minimum atomic E-state index is 0.579. The number of carbonyl (C=O) groups excluding carboxylic acids is 1. The zero-order valence-electron chi connectivity index (χ0n) is 8.41. The second kappa shape index (κ2) is 3.69. The highest BCUT2D eigenvalue weighted by Gasteiger charge is 2.36. The Labute approximate surface area is 80.3 Å². The van der Waals surface area contributed by atoms with E-state index in [2.05, 4.69) is 6.92 Å². The van der Waals surface area contributed by atoms with Crippen molar-refractivity contribution in [2.75, 3.05) is 6.54 Å². The van der Waals surface area contributed by atoms with Crippen molar-refractivity contribution in [3.05, 3.63) is 0 Å². The predicted octanol–water partition coefficient (Wildman–Crippen LogP) is 2.04. The number of hydrogen-bond acceptors (Lipinski definition) is 1. The van der Waals surface area contributed by atoms with Crippen LogP contribution in [-0.2, 0) is 4.79 Å². The van der Waals surface area contributed by atoms with Crippen LogP contribution in [0.25, 0.3) is 0 Å². The minimum absolute atomic E-state index is 0.579. The van der Waals surface area contributed by atoms with Crippen molar-refractivity contribution in [2.45, 2.75) is 45.1 Å². The van der Waals surface area contributed by atoms with Gasteiger partial charge in [0.05, 0.1) is 0 Å². The maximum absolute atomic E-state index is 10.8. The number of amides is 1. The van der Waals surface area contributed by atoms with Gasteiger partial charge in [-0.25, -0.2) is 0 Å². The van der Waals surface area contributed by atoms with Gasteiger partial charge >= 0.3 is 0 Å². The molecule has 1 amide bonds. The molecule has 1 aliphatic heterocycles. The van der Waals surface area contributed by atoms with Gasteiger partial charge in [0.2, 0.25) is 6.41 Å². The molecule has 0 spiro atoms. The summed E-state index contributed by atoms with van der Waals surface area (Å²) in [5.74, 6) is 1.63. The average molecular weight is 181 g/mol. The fourth-order valence-corrected chi connectivity index (χ4v) is 3.08. The van der Waals surface area contributed by atoms with E-state index in [0.29, 0.717) is 6.04 Å². The molecule has 0 bridgehead atoms. The van der Waals surface area contributed by atoms with Crippen LogP contribution >= 0.6 is 0 Å². The number of hydrogen-bond donors (Lipinski definition) is 0. The molecule has 74 valence electrons. The van der Waals surface area contributed by atoms with E-state index in [1.807, 2.05) is 4.90 Å². The lowest BCUT2D eigenvalue weighted by Crippen LogP contribution is -2.49. The lowest BCUT2D eigenvalue weighted by atomic mass is 9.73. The third kappa shape index (κ3) is 1.59. The summed E-state index contributed by atoms with van der Waals surface area (Å²) >= 11 is 0. The second-order valence-corrected chi connectivity index (χ2v) is 4.62. The van der Waals surface area contributed by atoms with Gasteiger partial charge < -0.3 is 4.90 Å². The lowest BCUT2D eigenvalue weighted by molar-refractivity contribution is -0.125. The standard InChI is InChI=1S/C11H19NO/c1-9-6-7-12(8-13)11-5-3-2-4-10(9)11/h8-11H,2-7H2,1H3. The molecule has 3 atom stereocenters.